The summed E-state index contributed by atoms with van der Waals surface area (Å²) in [5, 5.41) is 10.1. The smallest absolute Gasteiger partial charge is 0.0910 e. The lowest BCUT2D eigenvalue weighted by molar-refractivity contribution is 0.0953. The molecule has 1 heterocycles. The molecule has 0 saturated carbocycles. The molecule has 1 aromatic rings. The van der Waals surface area contributed by atoms with Crippen LogP contribution in [0, 0.1) is 18.8 Å². The maximum atomic E-state index is 10.1. The Kier molecular flexibility index (Phi) is 4.16. The predicted octanol–water partition coefficient (Wildman–Crippen LogP) is 4.14. The molecule has 0 amide bonds. The summed E-state index contributed by atoms with van der Waals surface area (Å²) in [7, 11) is 0. The first-order chi connectivity index (χ1) is 6.43. The van der Waals surface area contributed by atoms with Crippen LogP contribution in [-0.2, 0) is 0 Å². The van der Waals surface area contributed by atoms with Crippen molar-refractivity contribution in [2.45, 2.75) is 33.8 Å². The molecule has 2 atom stereocenters. The molecule has 80 valence electrons. The highest BCUT2D eigenvalue weighted by Gasteiger charge is 2.21. The van der Waals surface area contributed by atoms with Gasteiger partial charge in [0.15, 0.2) is 0 Å². The third kappa shape index (κ3) is 2.59. The number of halogens is 1. The van der Waals surface area contributed by atoms with E-state index in [4.69, 9.17) is 0 Å². The van der Waals surface area contributed by atoms with Gasteiger partial charge in [-0.05, 0) is 40.8 Å². The molecule has 0 spiro atoms. The van der Waals surface area contributed by atoms with Gasteiger partial charge in [-0.1, -0.05) is 20.8 Å². The zero-order valence-corrected chi connectivity index (χ0v) is 11.4. The molecule has 0 fully saturated rings. The summed E-state index contributed by atoms with van der Waals surface area (Å²) < 4.78 is 1.10. The van der Waals surface area contributed by atoms with Crippen LogP contribution in [-0.4, -0.2) is 5.11 Å². The monoisotopic (exact) mass is 276 g/mol. The van der Waals surface area contributed by atoms with Gasteiger partial charge in [-0.3, -0.25) is 0 Å². The van der Waals surface area contributed by atoms with Crippen molar-refractivity contribution in [2.24, 2.45) is 11.8 Å². The molecule has 0 aliphatic heterocycles. The minimum atomic E-state index is -0.329. The van der Waals surface area contributed by atoms with Crippen LogP contribution >= 0.6 is 27.3 Å². The van der Waals surface area contributed by atoms with E-state index in [1.807, 2.05) is 6.07 Å². The van der Waals surface area contributed by atoms with Crippen LogP contribution in [0.5, 0.6) is 0 Å². The molecule has 0 aliphatic carbocycles. The summed E-state index contributed by atoms with van der Waals surface area (Å²) in [5.74, 6) is 0.811. The highest BCUT2D eigenvalue weighted by molar-refractivity contribution is 9.10. The van der Waals surface area contributed by atoms with Gasteiger partial charge in [0.25, 0.3) is 0 Å². The Morgan fingerprint density at radius 1 is 1.36 bits per heavy atom. The largest absolute Gasteiger partial charge is 0.387 e. The van der Waals surface area contributed by atoms with Gasteiger partial charge < -0.3 is 5.11 Å². The normalized spacial score (nSPS) is 15.9. The van der Waals surface area contributed by atoms with Gasteiger partial charge in [-0.25, -0.2) is 0 Å². The van der Waals surface area contributed by atoms with Crippen LogP contribution in [0.4, 0.5) is 0 Å². The molecule has 0 bridgehead atoms. The van der Waals surface area contributed by atoms with Gasteiger partial charge in [0.2, 0.25) is 0 Å². The molecule has 1 rings (SSSR count). The zero-order chi connectivity index (χ0) is 10.9. The highest BCUT2D eigenvalue weighted by atomic mass is 79.9. The topological polar surface area (TPSA) is 20.2 Å². The standard InChI is InChI=1S/C11H17BrOS/c1-6(2)7(3)11(13)10-5-9(12)8(4)14-10/h5-7,11,13H,1-4H3. The average molecular weight is 277 g/mol. The molecule has 14 heavy (non-hydrogen) atoms. The van der Waals surface area contributed by atoms with E-state index in [0.29, 0.717) is 11.8 Å². The molecule has 3 heteroatoms. The first kappa shape index (κ1) is 12.2. The molecule has 0 aromatic carbocycles. The van der Waals surface area contributed by atoms with Crippen LogP contribution in [0.2, 0.25) is 0 Å². The number of rotatable bonds is 3. The highest BCUT2D eigenvalue weighted by Crippen LogP contribution is 2.35. The van der Waals surface area contributed by atoms with Gasteiger partial charge in [-0.2, -0.15) is 0 Å². The second-order valence-corrected chi connectivity index (χ2v) is 6.24. The summed E-state index contributed by atoms with van der Waals surface area (Å²) in [4.78, 5) is 2.30. The fraction of sp³-hybridized carbons (Fsp3) is 0.636. The molecule has 1 aromatic heterocycles. The summed E-state index contributed by atoms with van der Waals surface area (Å²) in [5.41, 5.74) is 0. The van der Waals surface area contributed by atoms with Crippen LogP contribution in [0.1, 0.15) is 36.6 Å². The Balaban J connectivity index is 2.83. The van der Waals surface area contributed by atoms with Gasteiger partial charge in [-0.15, -0.1) is 11.3 Å². The molecule has 1 nitrogen and oxygen atoms in total. The number of thiophene rings is 1. The van der Waals surface area contributed by atoms with Crippen molar-refractivity contribution in [2.75, 3.05) is 0 Å². The first-order valence-corrected chi connectivity index (χ1v) is 6.48. The fourth-order valence-electron chi connectivity index (χ4n) is 1.25. The fourth-order valence-corrected chi connectivity index (χ4v) is 2.91. The summed E-state index contributed by atoms with van der Waals surface area (Å²) in [6.45, 7) is 8.44. The predicted molar refractivity (Wildman–Crippen MR) is 65.7 cm³/mol. The van der Waals surface area contributed by atoms with Crippen molar-refractivity contribution >= 4 is 27.3 Å². The van der Waals surface area contributed by atoms with E-state index in [9.17, 15) is 5.11 Å². The molecule has 0 aliphatic rings. The van der Waals surface area contributed by atoms with E-state index in [-0.39, 0.29) is 6.10 Å². The van der Waals surface area contributed by atoms with Crippen molar-refractivity contribution in [3.8, 4) is 0 Å². The summed E-state index contributed by atoms with van der Waals surface area (Å²) in [6, 6.07) is 2.03. The SMILES string of the molecule is Cc1sc(C(O)C(C)C(C)C)cc1Br. The minimum absolute atomic E-state index is 0.306. The quantitative estimate of drug-likeness (QED) is 0.880. The van der Waals surface area contributed by atoms with E-state index in [0.717, 1.165) is 9.35 Å². The third-order valence-corrected chi connectivity index (χ3v) is 4.92. The maximum absolute atomic E-state index is 10.1. The Labute approximate surface area is 98.3 Å². The number of aliphatic hydroxyl groups excluding tert-OH is 1. The van der Waals surface area contributed by atoms with E-state index < -0.39 is 0 Å². The number of hydrogen-bond donors (Lipinski definition) is 1. The van der Waals surface area contributed by atoms with E-state index in [1.165, 1.54) is 4.88 Å². The van der Waals surface area contributed by atoms with Gasteiger partial charge >= 0.3 is 0 Å². The number of hydrogen-bond acceptors (Lipinski definition) is 2. The average Bonchev–Trinajstić information content (AvgIpc) is 2.44. The van der Waals surface area contributed by atoms with Crippen LogP contribution < -0.4 is 0 Å². The lowest BCUT2D eigenvalue weighted by Crippen LogP contribution is -2.13. The van der Waals surface area contributed by atoms with Gasteiger partial charge in [0, 0.05) is 14.2 Å². The lowest BCUT2D eigenvalue weighted by Gasteiger charge is -2.20. The van der Waals surface area contributed by atoms with Crippen LogP contribution in [0.15, 0.2) is 10.5 Å². The second kappa shape index (κ2) is 4.77. The van der Waals surface area contributed by atoms with E-state index in [1.54, 1.807) is 11.3 Å². The van der Waals surface area contributed by atoms with Gasteiger partial charge in [0.1, 0.15) is 0 Å². The Bertz CT molecular complexity index is 287. The first-order valence-electron chi connectivity index (χ1n) is 4.87. The molecular formula is C11H17BrOS. The van der Waals surface area contributed by atoms with Crippen molar-refractivity contribution in [3.63, 3.8) is 0 Å². The molecule has 0 saturated heterocycles. The Morgan fingerprint density at radius 3 is 2.29 bits per heavy atom. The molecular weight excluding hydrogens is 260 g/mol. The number of aliphatic hydroxyl groups is 1. The van der Waals surface area contributed by atoms with Crippen molar-refractivity contribution < 1.29 is 5.11 Å². The molecule has 0 radical (unpaired) electrons. The Morgan fingerprint density at radius 2 is 1.93 bits per heavy atom. The summed E-state index contributed by atoms with van der Waals surface area (Å²) in [6.07, 6.45) is -0.329. The van der Waals surface area contributed by atoms with Crippen molar-refractivity contribution in [1.82, 2.24) is 0 Å². The molecule has 2 unspecified atom stereocenters. The second-order valence-electron chi connectivity index (χ2n) is 4.10. The molecule has 1 N–H and O–H groups in total. The van der Waals surface area contributed by atoms with Crippen LogP contribution in [0.3, 0.4) is 0 Å². The van der Waals surface area contributed by atoms with Crippen molar-refractivity contribution in [3.05, 3.63) is 20.3 Å². The van der Waals surface area contributed by atoms with Crippen LogP contribution in [0.25, 0.3) is 0 Å². The van der Waals surface area contributed by atoms with Gasteiger partial charge in [0.05, 0.1) is 6.10 Å². The lowest BCUT2D eigenvalue weighted by atomic mass is 9.91. The number of aryl methyl sites for hydroxylation is 1. The zero-order valence-electron chi connectivity index (χ0n) is 9.04. The maximum Gasteiger partial charge on any atom is 0.0910 e. The van der Waals surface area contributed by atoms with Crippen molar-refractivity contribution in [1.29, 1.82) is 0 Å². The minimum Gasteiger partial charge on any atom is -0.387 e. The summed E-state index contributed by atoms with van der Waals surface area (Å²) >= 11 is 5.14. The Hall–Kier alpha value is 0.140. The van der Waals surface area contributed by atoms with E-state index >= 15 is 0 Å². The third-order valence-electron chi connectivity index (χ3n) is 2.72. The van der Waals surface area contributed by atoms with E-state index in [2.05, 4.69) is 43.6 Å².